The van der Waals surface area contributed by atoms with E-state index >= 15 is 0 Å². The number of nitrogens with one attached hydrogen (secondary N) is 1. The van der Waals surface area contributed by atoms with Crippen LogP contribution in [-0.4, -0.2) is 16.9 Å². The van der Waals surface area contributed by atoms with E-state index in [1.807, 2.05) is 30.3 Å². The third-order valence-corrected chi connectivity index (χ3v) is 6.08. The molecule has 3 amide bonds. The summed E-state index contributed by atoms with van der Waals surface area (Å²) in [5, 5.41) is 2.11. The molecule has 0 radical (unpaired) electrons. The summed E-state index contributed by atoms with van der Waals surface area (Å²) in [7, 11) is 0. The lowest BCUT2D eigenvalue weighted by Gasteiger charge is -2.22. The largest absolute Gasteiger partial charge is 0.350 e. The number of amides is 3. The summed E-state index contributed by atoms with van der Waals surface area (Å²) in [6.45, 7) is 2.14. The predicted molar refractivity (Wildman–Crippen MR) is 137 cm³/mol. The molecule has 34 heavy (non-hydrogen) atoms. The van der Waals surface area contributed by atoms with E-state index in [0.29, 0.717) is 27.2 Å². The number of benzene rings is 3. The van der Waals surface area contributed by atoms with Crippen LogP contribution in [0.5, 0.6) is 0 Å². The molecule has 3 aromatic carbocycles. The van der Waals surface area contributed by atoms with Crippen LogP contribution in [0.15, 0.2) is 72.8 Å². The maximum absolute atomic E-state index is 13.4. The SMILES string of the molecule is CCCc1ccc(-c2cc(C(=O)NN(C(N)=O)c3ccc(Cl)c(Cl)c3)c3ccccc3n2)cc1. The van der Waals surface area contributed by atoms with Gasteiger partial charge in [-0.3, -0.25) is 10.2 Å². The first-order chi connectivity index (χ1) is 16.4. The average molecular weight is 493 g/mol. The smallest absolute Gasteiger partial charge is 0.338 e. The Balaban J connectivity index is 1.74. The van der Waals surface area contributed by atoms with Crippen LogP contribution in [0, 0.1) is 0 Å². The van der Waals surface area contributed by atoms with Crippen molar-refractivity contribution in [3.63, 3.8) is 0 Å². The van der Waals surface area contributed by atoms with Gasteiger partial charge in [0.15, 0.2) is 0 Å². The van der Waals surface area contributed by atoms with Crippen molar-refractivity contribution >= 4 is 51.7 Å². The molecule has 1 aromatic heterocycles. The van der Waals surface area contributed by atoms with Gasteiger partial charge in [-0.15, -0.1) is 0 Å². The molecular weight excluding hydrogens is 471 g/mol. The molecule has 0 saturated carbocycles. The molecule has 0 fully saturated rings. The van der Waals surface area contributed by atoms with Gasteiger partial charge >= 0.3 is 6.03 Å². The van der Waals surface area contributed by atoms with Crippen LogP contribution in [0.4, 0.5) is 10.5 Å². The fourth-order valence-corrected chi connectivity index (χ4v) is 3.97. The number of hydrazine groups is 1. The Bertz CT molecular complexity index is 1370. The predicted octanol–water partition coefficient (Wildman–Crippen LogP) is 6.39. The number of nitrogens with zero attached hydrogens (tertiary/aromatic N) is 2. The molecule has 8 heteroatoms. The Labute approximate surface area is 207 Å². The van der Waals surface area contributed by atoms with Crippen LogP contribution < -0.4 is 16.2 Å². The molecule has 6 nitrogen and oxygen atoms in total. The van der Waals surface area contributed by atoms with Gasteiger partial charge in [0.05, 0.1) is 32.5 Å². The van der Waals surface area contributed by atoms with Crippen molar-refractivity contribution in [2.45, 2.75) is 19.8 Å². The van der Waals surface area contributed by atoms with Gasteiger partial charge in [0.25, 0.3) is 5.91 Å². The highest BCUT2D eigenvalue weighted by Crippen LogP contribution is 2.28. The van der Waals surface area contributed by atoms with Gasteiger partial charge < -0.3 is 5.73 Å². The van der Waals surface area contributed by atoms with Gasteiger partial charge in [0.1, 0.15) is 0 Å². The Kier molecular flexibility index (Phi) is 7.01. The second-order valence-electron chi connectivity index (χ2n) is 7.73. The summed E-state index contributed by atoms with van der Waals surface area (Å²) in [5.41, 5.74) is 12.2. The van der Waals surface area contributed by atoms with Crippen molar-refractivity contribution in [3.8, 4) is 11.3 Å². The molecule has 0 unspecified atom stereocenters. The van der Waals surface area contributed by atoms with Crippen molar-refractivity contribution in [2.24, 2.45) is 5.73 Å². The Hall–Kier alpha value is -3.61. The number of primary amides is 1. The summed E-state index contributed by atoms with van der Waals surface area (Å²) in [5.74, 6) is -0.521. The molecule has 0 atom stereocenters. The first kappa shape index (κ1) is 23.5. The van der Waals surface area contributed by atoms with Crippen LogP contribution in [0.1, 0.15) is 29.3 Å². The quantitative estimate of drug-likeness (QED) is 0.316. The van der Waals surface area contributed by atoms with Crippen LogP contribution >= 0.6 is 23.2 Å². The highest BCUT2D eigenvalue weighted by atomic mass is 35.5. The number of urea groups is 1. The monoisotopic (exact) mass is 492 g/mol. The molecule has 0 aliphatic carbocycles. The molecule has 0 spiro atoms. The summed E-state index contributed by atoms with van der Waals surface area (Å²) in [4.78, 5) is 30.3. The Morgan fingerprint density at radius 3 is 2.38 bits per heavy atom. The summed E-state index contributed by atoms with van der Waals surface area (Å²) in [6.07, 6.45) is 2.06. The summed E-state index contributed by atoms with van der Waals surface area (Å²) < 4.78 is 0. The molecule has 0 aliphatic heterocycles. The minimum atomic E-state index is -0.878. The zero-order chi connectivity index (χ0) is 24.2. The highest BCUT2D eigenvalue weighted by molar-refractivity contribution is 6.42. The zero-order valence-electron chi connectivity index (χ0n) is 18.4. The van der Waals surface area contributed by atoms with E-state index in [9.17, 15) is 9.59 Å². The molecular formula is C26H22Cl2N4O2. The van der Waals surface area contributed by atoms with Gasteiger partial charge in [0, 0.05) is 10.9 Å². The van der Waals surface area contributed by atoms with Crippen LogP contribution in [0.25, 0.3) is 22.2 Å². The minimum Gasteiger partial charge on any atom is -0.350 e. The highest BCUT2D eigenvalue weighted by Gasteiger charge is 2.20. The number of hydrogen-bond acceptors (Lipinski definition) is 3. The van der Waals surface area contributed by atoms with E-state index in [2.05, 4.69) is 24.5 Å². The number of hydrogen-bond donors (Lipinski definition) is 2. The number of nitrogens with two attached hydrogens (primary N) is 1. The molecule has 3 N–H and O–H groups in total. The fourth-order valence-electron chi connectivity index (χ4n) is 3.67. The number of fused-ring (bicyclic) bond motifs is 1. The number of para-hydroxylation sites is 1. The van der Waals surface area contributed by atoms with Crippen molar-refractivity contribution < 1.29 is 9.59 Å². The number of halogens is 2. The molecule has 0 bridgehead atoms. The molecule has 0 saturated heterocycles. The van der Waals surface area contributed by atoms with Crippen LogP contribution in [0.3, 0.4) is 0 Å². The van der Waals surface area contributed by atoms with E-state index in [0.717, 1.165) is 23.4 Å². The lowest BCUT2D eigenvalue weighted by atomic mass is 10.0. The third-order valence-electron chi connectivity index (χ3n) is 5.34. The van der Waals surface area contributed by atoms with Crippen LogP contribution in [0.2, 0.25) is 10.0 Å². The Morgan fingerprint density at radius 2 is 1.71 bits per heavy atom. The number of anilines is 1. The molecule has 172 valence electrons. The second kappa shape index (κ2) is 10.1. The van der Waals surface area contributed by atoms with E-state index in [1.54, 1.807) is 12.1 Å². The van der Waals surface area contributed by atoms with Gasteiger partial charge in [-0.05, 0) is 42.3 Å². The first-order valence-electron chi connectivity index (χ1n) is 10.7. The van der Waals surface area contributed by atoms with Gasteiger partial charge in [-0.2, -0.15) is 0 Å². The number of carbonyl (C=O) groups is 2. The standard InChI is InChI=1S/C26H22Cl2N4O2/c1-2-5-16-8-10-17(11-9-16)24-15-20(19-6-3-4-7-23(19)30-24)25(33)31-32(26(29)34)18-12-13-21(27)22(28)14-18/h3-4,6-15H,2,5H2,1H3,(H2,29,34)(H,31,33). The first-order valence-corrected chi connectivity index (χ1v) is 11.5. The fraction of sp³-hybridized carbons (Fsp3) is 0.115. The van der Waals surface area contributed by atoms with Crippen molar-refractivity contribution in [1.29, 1.82) is 0 Å². The molecule has 1 heterocycles. The van der Waals surface area contributed by atoms with Gasteiger partial charge in [0.2, 0.25) is 0 Å². The van der Waals surface area contributed by atoms with E-state index in [-0.39, 0.29) is 10.7 Å². The minimum absolute atomic E-state index is 0.225. The van der Waals surface area contributed by atoms with Gasteiger partial charge in [-0.25, -0.2) is 14.8 Å². The van der Waals surface area contributed by atoms with E-state index in [1.165, 1.54) is 23.8 Å². The zero-order valence-corrected chi connectivity index (χ0v) is 19.9. The van der Waals surface area contributed by atoms with Gasteiger partial charge in [-0.1, -0.05) is 79.0 Å². The Morgan fingerprint density at radius 1 is 0.971 bits per heavy atom. The lowest BCUT2D eigenvalue weighted by molar-refractivity contribution is 0.0952. The van der Waals surface area contributed by atoms with E-state index < -0.39 is 11.9 Å². The number of rotatable bonds is 5. The number of aromatic nitrogens is 1. The maximum atomic E-state index is 13.4. The number of aryl methyl sites for hydroxylation is 1. The summed E-state index contributed by atoms with van der Waals surface area (Å²) >= 11 is 12.1. The lowest BCUT2D eigenvalue weighted by Crippen LogP contribution is -2.49. The van der Waals surface area contributed by atoms with Crippen molar-refractivity contribution in [2.75, 3.05) is 5.01 Å². The molecule has 0 aliphatic rings. The number of carbonyl (C=O) groups excluding carboxylic acids is 2. The summed E-state index contributed by atoms with van der Waals surface area (Å²) in [6, 6.07) is 20.8. The third kappa shape index (κ3) is 4.98. The molecule has 4 aromatic rings. The topological polar surface area (TPSA) is 88.3 Å². The number of pyridine rings is 1. The normalized spacial score (nSPS) is 10.8. The van der Waals surface area contributed by atoms with Crippen molar-refractivity contribution in [1.82, 2.24) is 10.4 Å². The average Bonchev–Trinajstić information content (AvgIpc) is 2.84. The molecule has 4 rings (SSSR count). The second-order valence-corrected chi connectivity index (χ2v) is 8.55. The van der Waals surface area contributed by atoms with Crippen molar-refractivity contribution in [3.05, 3.63) is 94.0 Å². The maximum Gasteiger partial charge on any atom is 0.338 e. The van der Waals surface area contributed by atoms with Crippen LogP contribution in [-0.2, 0) is 6.42 Å². The van der Waals surface area contributed by atoms with E-state index in [4.69, 9.17) is 33.9 Å².